The van der Waals surface area contributed by atoms with E-state index in [-0.39, 0.29) is 21.7 Å². The summed E-state index contributed by atoms with van der Waals surface area (Å²) in [5.74, 6) is 0.447. The topological polar surface area (TPSA) is 71.7 Å². The number of aromatic nitrogens is 1. The number of hydrogen-bond donors (Lipinski definition) is 0. The number of anilines is 1. The highest BCUT2D eigenvalue weighted by atomic mass is 32.1. The van der Waals surface area contributed by atoms with Gasteiger partial charge >= 0.3 is 0 Å². The van der Waals surface area contributed by atoms with Gasteiger partial charge in [-0.2, -0.15) is 0 Å². The van der Waals surface area contributed by atoms with E-state index in [1.165, 1.54) is 0 Å². The number of nitrogens with zero attached hydrogens (tertiary/aromatic N) is 4. The Morgan fingerprint density at radius 2 is 2.03 bits per heavy atom. The van der Waals surface area contributed by atoms with Crippen LogP contribution in [-0.2, 0) is 11.0 Å². The molecule has 1 saturated heterocycles. The molecule has 2 aromatic rings. The fraction of sp³-hybridized carbons (Fsp3) is 0.682. The fourth-order valence-electron chi connectivity index (χ4n) is 3.89. The Balaban J connectivity index is 2.01. The lowest BCUT2D eigenvalue weighted by atomic mass is 10.1. The molecule has 1 aromatic heterocycles. The number of fused-ring (bicyclic) bond motifs is 1. The standard InChI is InChI=1S/C22H36N4O3SSi/c1-15-11-16(14-29-31(7,8)22(2,3)4)25(12-15)21-17(26(27)28)9-10-18-20(21)23-19(30-18)13-24(5)6/h9-10,15-16H,11-14H2,1-8H3/t15-,16+/m1/s1. The van der Waals surface area contributed by atoms with Gasteiger partial charge in [0.25, 0.3) is 5.69 Å². The molecule has 0 saturated carbocycles. The average Bonchev–Trinajstić information content (AvgIpc) is 3.19. The molecule has 0 aliphatic carbocycles. The number of benzene rings is 1. The molecule has 1 fully saturated rings. The summed E-state index contributed by atoms with van der Waals surface area (Å²) in [7, 11) is 2.10. The molecule has 0 bridgehead atoms. The summed E-state index contributed by atoms with van der Waals surface area (Å²) < 4.78 is 7.55. The number of nitro groups is 1. The summed E-state index contributed by atoms with van der Waals surface area (Å²) in [5.41, 5.74) is 1.56. The molecule has 1 aliphatic heterocycles. The Morgan fingerprint density at radius 1 is 1.35 bits per heavy atom. The van der Waals surface area contributed by atoms with Crippen LogP contribution >= 0.6 is 11.3 Å². The molecule has 172 valence electrons. The molecule has 2 heterocycles. The molecule has 0 unspecified atom stereocenters. The second-order valence-corrected chi connectivity index (χ2v) is 16.5. The first-order valence-electron chi connectivity index (χ1n) is 10.9. The van der Waals surface area contributed by atoms with E-state index in [1.807, 2.05) is 20.2 Å². The Labute approximate surface area is 190 Å². The van der Waals surface area contributed by atoms with Crippen molar-refractivity contribution in [2.75, 3.05) is 32.1 Å². The largest absolute Gasteiger partial charge is 0.415 e. The fourth-order valence-corrected chi connectivity index (χ4v) is 6.02. The third-order valence-electron chi connectivity index (χ3n) is 6.56. The summed E-state index contributed by atoms with van der Waals surface area (Å²) >= 11 is 1.62. The zero-order chi connectivity index (χ0) is 23.1. The predicted molar refractivity (Wildman–Crippen MR) is 132 cm³/mol. The van der Waals surface area contributed by atoms with E-state index in [4.69, 9.17) is 9.41 Å². The van der Waals surface area contributed by atoms with Crippen LogP contribution in [0.15, 0.2) is 12.1 Å². The lowest BCUT2D eigenvalue weighted by Gasteiger charge is -2.38. The molecule has 0 spiro atoms. The molecule has 1 aliphatic rings. The van der Waals surface area contributed by atoms with Gasteiger partial charge in [0.15, 0.2) is 8.32 Å². The Bertz CT molecular complexity index is 954. The van der Waals surface area contributed by atoms with E-state index >= 15 is 0 Å². The molecule has 1 aromatic carbocycles. The highest BCUT2D eigenvalue weighted by Gasteiger charge is 2.41. The zero-order valence-corrected chi connectivity index (χ0v) is 21.9. The lowest BCUT2D eigenvalue weighted by Crippen LogP contribution is -2.45. The third kappa shape index (κ3) is 5.10. The smallest absolute Gasteiger partial charge is 0.294 e. The van der Waals surface area contributed by atoms with Crippen molar-refractivity contribution in [3.8, 4) is 0 Å². The maximum Gasteiger partial charge on any atom is 0.294 e. The molecule has 2 atom stereocenters. The Morgan fingerprint density at radius 3 is 2.61 bits per heavy atom. The average molecular weight is 465 g/mol. The van der Waals surface area contributed by atoms with Crippen molar-refractivity contribution >= 4 is 41.2 Å². The van der Waals surface area contributed by atoms with Gasteiger partial charge < -0.3 is 14.2 Å². The summed E-state index contributed by atoms with van der Waals surface area (Å²) in [6.07, 6.45) is 0.969. The van der Waals surface area contributed by atoms with Crippen LogP contribution in [0.3, 0.4) is 0 Å². The van der Waals surface area contributed by atoms with Crippen LogP contribution in [0.5, 0.6) is 0 Å². The number of rotatable bonds is 7. The van der Waals surface area contributed by atoms with Gasteiger partial charge in [0.05, 0.1) is 22.3 Å². The van der Waals surface area contributed by atoms with Crippen LogP contribution in [0.1, 0.15) is 39.1 Å². The van der Waals surface area contributed by atoms with Gasteiger partial charge in [-0.15, -0.1) is 11.3 Å². The first kappa shape index (κ1) is 24.1. The van der Waals surface area contributed by atoms with Crippen LogP contribution < -0.4 is 4.90 Å². The second kappa shape index (κ2) is 8.76. The monoisotopic (exact) mass is 464 g/mol. The van der Waals surface area contributed by atoms with Crippen LogP contribution in [0.2, 0.25) is 18.1 Å². The molecule has 9 heteroatoms. The Kier molecular flexibility index (Phi) is 6.81. The molecule has 31 heavy (non-hydrogen) atoms. The summed E-state index contributed by atoms with van der Waals surface area (Å²) in [6.45, 7) is 15.5. The van der Waals surface area contributed by atoms with Crippen molar-refractivity contribution in [1.82, 2.24) is 9.88 Å². The van der Waals surface area contributed by atoms with E-state index in [2.05, 4.69) is 50.6 Å². The van der Waals surface area contributed by atoms with Crippen molar-refractivity contribution in [1.29, 1.82) is 0 Å². The van der Waals surface area contributed by atoms with Gasteiger partial charge in [0, 0.05) is 19.2 Å². The minimum Gasteiger partial charge on any atom is -0.415 e. The first-order chi connectivity index (χ1) is 14.3. The molecular weight excluding hydrogens is 428 g/mol. The van der Waals surface area contributed by atoms with Crippen LogP contribution in [0.4, 0.5) is 11.4 Å². The Hall–Kier alpha value is -1.55. The van der Waals surface area contributed by atoms with E-state index in [1.54, 1.807) is 17.4 Å². The SMILES string of the molecule is C[C@@H]1C[C@@H](CO[Si](C)(C)C(C)(C)C)N(c2c([N+](=O)[O-])ccc3sc(CN(C)C)nc23)C1. The number of nitro benzene ring substituents is 1. The third-order valence-corrected chi connectivity index (χ3v) is 12.1. The molecular formula is C22H36N4O3SSi. The molecule has 0 N–H and O–H groups in total. The predicted octanol–water partition coefficient (Wildman–Crippen LogP) is 5.50. The van der Waals surface area contributed by atoms with Gasteiger partial charge in [0.2, 0.25) is 0 Å². The van der Waals surface area contributed by atoms with Crippen molar-refractivity contribution in [2.24, 2.45) is 5.92 Å². The lowest BCUT2D eigenvalue weighted by molar-refractivity contribution is -0.384. The minimum absolute atomic E-state index is 0.118. The second-order valence-electron chi connectivity index (χ2n) is 10.6. The summed E-state index contributed by atoms with van der Waals surface area (Å²) in [6, 6.07) is 3.60. The minimum atomic E-state index is -1.91. The molecule has 0 amide bonds. The highest BCUT2D eigenvalue weighted by molar-refractivity contribution is 7.18. The summed E-state index contributed by atoms with van der Waals surface area (Å²) in [4.78, 5) is 20.8. The first-order valence-corrected chi connectivity index (χ1v) is 14.6. The van der Waals surface area contributed by atoms with Crippen molar-refractivity contribution in [3.05, 3.63) is 27.3 Å². The van der Waals surface area contributed by atoms with Crippen molar-refractivity contribution in [2.45, 2.75) is 64.8 Å². The van der Waals surface area contributed by atoms with Crippen molar-refractivity contribution < 1.29 is 9.35 Å². The normalized spacial score (nSPS) is 20.2. The van der Waals surface area contributed by atoms with Gasteiger partial charge in [0.1, 0.15) is 16.2 Å². The maximum absolute atomic E-state index is 12.0. The quantitative estimate of drug-likeness (QED) is 0.306. The van der Waals surface area contributed by atoms with Crippen LogP contribution in [0, 0.1) is 16.0 Å². The van der Waals surface area contributed by atoms with Crippen molar-refractivity contribution in [3.63, 3.8) is 0 Å². The summed E-state index contributed by atoms with van der Waals surface area (Å²) in [5, 5.41) is 13.1. The molecule has 3 rings (SSSR count). The van der Waals surface area contributed by atoms with Crippen LogP contribution in [0.25, 0.3) is 10.2 Å². The van der Waals surface area contributed by atoms with E-state index < -0.39 is 8.32 Å². The van der Waals surface area contributed by atoms with Gasteiger partial charge in [-0.1, -0.05) is 27.7 Å². The molecule has 0 radical (unpaired) electrons. The van der Waals surface area contributed by atoms with Gasteiger partial charge in [-0.3, -0.25) is 10.1 Å². The van der Waals surface area contributed by atoms with E-state index in [0.717, 1.165) is 34.7 Å². The molecule has 7 nitrogen and oxygen atoms in total. The highest BCUT2D eigenvalue weighted by Crippen LogP contribution is 2.43. The van der Waals surface area contributed by atoms with Gasteiger partial charge in [-0.25, -0.2) is 4.98 Å². The van der Waals surface area contributed by atoms with E-state index in [0.29, 0.717) is 18.2 Å². The number of thiazole rings is 1. The van der Waals surface area contributed by atoms with Crippen LogP contribution in [-0.4, -0.2) is 56.4 Å². The maximum atomic E-state index is 12.0. The zero-order valence-electron chi connectivity index (χ0n) is 20.1. The van der Waals surface area contributed by atoms with E-state index in [9.17, 15) is 10.1 Å². The van der Waals surface area contributed by atoms with Gasteiger partial charge in [-0.05, 0) is 50.6 Å². The number of hydrogen-bond acceptors (Lipinski definition) is 7.